The van der Waals surface area contributed by atoms with Crippen molar-refractivity contribution in [3.63, 3.8) is 0 Å². The molecule has 0 aliphatic rings. The monoisotopic (exact) mass is 451 g/mol. The van der Waals surface area contributed by atoms with Crippen molar-refractivity contribution >= 4 is 16.7 Å². The summed E-state index contributed by atoms with van der Waals surface area (Å²) in [5.74, 6) is -1.03. The van der Waals surface area contributed by atoms with Gasteiger partial charge in [-0.05, 0) is 39.4 Å². The summed E-state index contributed by atoms with van der Waals surface area (Å²) in [7, 11) is 0. The predicted molar refractivity (Wildman–Crippen MR) is 132 cm³/mol. The summed E-state index contributed by atoms with van der Waals surface area (Å²) in [6.07, 6.45) is -2.46. The minimum absolute atomic E-state index is 0.0346. The summed E-state index contributed by atoms with van der Waals surface area (Å²) >= 11 is 0. The molecule has 170 valence electrons. The van der Waals surface area contributed by atoms with Crippen molar-refractivity contribution in [2.45, 2.75) is 32.0 Å². The molecule has 0 aliphatic heterocycles. The molecule has 0 radical (unpaired) electrons. The maximum absolute atomic E-state index is 15.1. The van der Waals surface area contributed by atoms with Gasteiger partial charge in [-0.2, -0.15) is 5.26 Å². The minimum atomic E-state index is -1.34. The van der Waals surface area contributed by atoms with Crippen molar-refractivity contribution < 1.29 is 13.9 Å². The van der Waals surface area contributed by atoms with Gasteiger partial charge < -0.3 is 4.74 Å². The van der Waals surface area contributed by atoms with Crippen LogP contribution in [0, 0.1) is 17.2 Å². The Hall–Kier alpha value is -3.97. The summed E-state index contributed by atoms with van der Waals surface area (Å²) in [4.78, 5) is 13.3. The third kappa shape index (κ3) is 5.00. The Morgan fingerprint density at radius 1 is 0.765 bits per heavy atom. The average Bonchev–Trinajstić information content (AvgIpc) is 2.87. The van der Waals surface area contributed by atoms with Crippen LogP contribution in [0.25, 0.3) is 10.8 Å². The lowest BCUT2D eigenvalue weighted by molar-refractivity contribution is -0.150. The van der Waals surface area contributed by atoms with Crippen molar-refractivity contribution in [1.82, 2.24) is 0 Å². The van der Waals surface area contributed by atoms with Crippen LogP contribution < -0.4 is 0 Å². The highest BCUT2D eigenvalue weighted by molar-refractivity contribution is 5.86. The number of nitrogens with zero attached hydrogens (tertiary/aromatic N) is 1. The molecule has 0 heterocycles. The first-order chi connectivity index (χ1) is 16.5. The minimum Gasteiger partial charge on any atom is -0.441 e. The molecule has 3 nitrogen and oxygen atoms in total. The van der Waals surface area contributed by atoms with E-state index >= 15 is 4.39 Å². The van der Waals surface area contributed by atoms with Crippen molar-refractivity contribution in [2.24, 2.45) is 5.92 Å². The number of nitriles is 1. The molecule has 34 heavy (non-hydrogen) atoms. The molecule has 4 aromatic carbocycles. The number of ether oxygens (including phenoxy) is 1. The third-order valence-corrected chi connectivity index (χ3v) is 6.00. The quantitative estimate of drug-likeness (QED) is 0.274. The van der Waals surface area contributed by atoms with E-state index in [2.05, 4.69) is 6.07 Å². The van der Waals surface area contributed by atoms with E-state index in [1.165, 1.54) is 0 Å². The highest BCUT2D eigenvalue weighted by Gasteiger charge is 2.29. The summed E-state index contributed by atoms with van der Waals surface area (Å²) in [5.41, 5.74) is 2.24. The first-order valence-corrected chi connectivity index (χ1v) is 11.4. The summed E-state index contributed by atoms with van der Waals surface area (Å²) < 4.78 is 20.8. The molecule has 0 aromatic heterocycles. The normalized spacial score (nSPS) is 13.7. The largest absolute Gasteiger partial charge is 0.441 e. The van der Waals surface area contributed by atoms with Crippen LogP contribution in [0.15, 0.2) is 97.1 Å². The summed E-state index contributed by atoms with van der Waals surface area (Å²) in [5, 5.41) is 11.9. The van der Waals surface area contributed by atoms with Crippen LogP contribution in [0.4, 0.5) is 4.39 Å². The number of hydrogen-bond acceptors (Lipinski definition) is 3. The molecule has 3 atom stereocenters. The number of alkyl halides is 1. The molecule has 0 spiro atoms. The zero-order valence-electron chi connectivity index (χ0n) is 19.2. The highest BCUT2D eigenvalue weighted by Crippen LogP contribution is 2.32. The van der Waals surface area contributed by atoms with Crippen molar-refractivity contribution in [1.29, 1.82) is 5.26 Å². The van der Waals surface area contributed by atoms with Crippen molar-refractivity contribution in [2.75, 3.05) is 0 Å². The molecule has 4 rings (SSSR count). The maximum Gasteiger partial charge on any atom is 0.315 e. The van der Waals surface area contributed by atoms with E-state index < -0.39 is 24.2 Å². The van der Waals surface area contributed by atoms with Gasteiger partial charge in [0, 0.05) is 5.56 Å². The van der Waals surface area contributed by atoms with Gasteiger partial charge in [0.1, 0.15) is 6.07 Å². The van der Waals surface area contributed by atoms with E-state index in [0.717, 1.165) is 16.3 Å². The molecule has 0 bridgehead atoms. The fraction of sp³-hybridized carbons (Fsp3) is 0.200. The fourth-order valence-corrected chi connectivity index (χ4v) is 4.25. The number of rotatable bonds is 7. The second kappa shape index (κ2) is 10.3. The molecular formula is C30H26FNO2. The lowest BCUT2D eigenvalue weighted by Gasteiger charge is -2.22. The molecule has 0 aliphatic carbocycles. The third-order valence-electron chi connectivity index (χ3n) is 6.00. The zero-order chi connectivity index (χ0) is 24.1. The molecule has 0 fully saturated rings. The summed E-state index contributed by atoms with van der Waals surface area (Å²) in [6, 6.07) is 31.4. The van der Waals surface area contributed by atoms with E-state index in [-0.39, 0.29) is 5.92 Å². The molecule has 4 heteroatoms. The number of halogens is 1. The van der Waals surface area contributed by atoms with Gasteiger partial charge in [-0.3, -0.25) is 4.79 Å². The number of carbonyl (C=O) groups is 1. The Kier molecular flexibility index (Phi) is 7.04. The molecule has 0 N–H and O–H groups in total. The smallest absolute Gasteiger partial charge is 0.315 e. The number of carbonyl (C=O) groups excluding carboxylic acids is 1. The Balaban J connectivity index is 1.58. The predicted octanol–water partition coefficient (Wildman–Crippen LogP) is 7.45. The van der Waals surface area contributed by atoms with E-state index in [0.29, 0.717) is 16.7 Å². The van der Waals surface area contributed by atoms with Crippen LogP contribution in [0.2, 0.25) is 0 Å². The molecule has 3 unspecified atom stereocenters. The van der Waals surface area contributed by atoms with Crippen LogP contribution in [0.5, 0.6) is 0 Å². The van der Waals surface area contributed by atoms with Crippen LogP contribution in [0.1, 0.15) is 54.3 Å². The van der Waals surface area contributed by atoms with Gasteiger partial charge in [0.15, 0.2) is 6.17 Å². The maximum atomic E-state index is 15.1. The molecule has 0 saturated heterocycles. The number of benzene rings is 4. The first kappa shape index (κ1) is 23.2. The van der Waals surface area contributed by atoms with Gasteiger partial charge in [-0.1, -0.05) is 105 Å². The average molecular weight is 452 g/mol. The number of hydrogen-bond donors (Lipinski definition) is 0. The standard InChI is InChI=1S/C30H26FNO2/c1-20(2)28(25-16-15-21-9-6-7-12-23(21)17-25)30(33)34-27(19-32)24-13-8-14-26(18-24)29(31)22-10-4-3-5-11-22/h3-18,20,27-29H,1-2H3. The summed E-state index contributed by atoms with van der Waals surface area (Å²) in [6.45, 7) is 3.91. The highest BCUT2D eigenvalue weighted by atomic mass is 19.1. The second-order valence-electron chi connectivity index (χ2n) is 8.72. The lowest BCUT2D eigenvalue weighted by atomic mass is 9.87. The Labute approximate surface area is 199 Å². The van der Waals surface area contributed by atoms with Gasteiger partial charge in [-0.25, -0.2) is 4.39 Å². The topological polar surface area (TPSA) is 50.1 Å². The second-order valence-corrected chi connectivity index (χ2v) is 8.72. The van der Waals surface area contributed by atoms with Gasteiger partial charge in [-0.15, -0.1) is 0 Å². The van der Waals surface area contributed by atoms with Gasteiger partial charge in [0.05, 0.1) is 5.92 Å². The first-order valence-electron chi connectivity index (χ1n) is 11.4. The van der Waals surface area contributed by atoms with Crippen molar-refractivity contribution in [3.8, 4) is 6.07 Å². The molecule has 0 amide bonds. The van der Waals surface area contributed by atoms with Gasteiger partial charge >= 0.3 is 5.97 Å². The number of fused-ring (bicyclic) bond motifs is 1. The van der Waals surface area contributed by atoms with E-state index in [1.54, 1.807) is 48.5 Å². The zero-order valence-corrected chi connectivity index (χ0v) is 19.2. The van der Waals surface area contributed by atoms with E-state index in [4.69, 9.17) is 4.74 Å². The van der Waals surface area contributed by atoms with Gasteiger partial charge in [0.25, 0.3) is 0 Å². The van der Waals surface area contributed by atoms with Gasteiger partial charge in [0.2, 0.25) is 6.10 Å². The van der Waals surface area contributed by atoms with Crippen molar-refractivity contribution in [3.05, 3.63) is 119 Å². The SMILES string of the molecule is CC(C)C(C(=O)OC(C#N)c1cccc(C(F)c2ccccc2)c1)c1ccc2ccccc2c1. The van der Waals surface area contributed by atoms with Crippen LogP contribution in [-0.4, -0.2) is 5.97 Å². The lowest BCUT2D eigenvalue weighted by Crippen LogP contribution is -2.22. The Morgan fingerprint density at radius 3 is 2.12 bits per heavy atom. The molecule has 0 saturated carbocycles. The van der Waals surface area contributed by atoms with Crippen LogP contribution >= 0.6 is 0 Å². The van der Waals surface area contributed by atoms with Crippen LogP contribution in [-0.2, 0) is 9.53 Å². The Morgan fingerprint density at radius 2 is 1.41 bits per heavy atom. The van der Waals surface area contributed by atoms with Crippen LogP contribution in [0.3, 0.4) is 0 Å². The molecule has 4 aromatic rings. The Bertz CT molecular complexity index is 1330. The van der Waals surface area contributed by atoms with E-state index in [9.17, 15) is 10.1 Å². The fourth-order valence-electron chi connectivity index (χ4n) is 4.25. The number of esters is 1. The molecular weight excluding hydrogens is 425 g/mol. The van der Waals surface area contributed by atoms with E-state index in [1.807, 2.05) is 62.4 Å².